The zero-order valence-corrected chi connectivity index (χ0v) is 18.2. The Morgan fingerprint density at radius 1 is 1.00 bits per heavy atom. The maximum atomic E-state index is 12.3. The normalized spacial score (nSPS) is 11.7. The number of hydrogen-bond acceptors (Lipinski definition) is 5. The third-order valence-electron chi connectivity index (χ3n) is 3.78. The minimum absolute atomic E-state index is 0.0639. The molecule has 1 amide bonds. The molecule has 0 fully saturated rings. The topological polar surface area (TPSA) is 101 Å². The Bertz CT molecular complexity index is 1190. The number of carbonyl (C=O) groups is 1. The molecule has 30 heavy (non-hydrogen) atoms. The summed E-state index contributed by atoms with van der Waals surface area (Å²) in [7, 11) is -3.71. The van der Waals surface area contributed by atoms with Crippen LogP contribution in [-0.2, 0) is 16.6 Å². The third kappa shape index (κ3) is 5.84. The van der Waals surface area contributed by atoms with Crippen LogP contribution in [0.4, 0.5) is 0 Å². The molecule has 0 saturated heterocycles. The summed E-state index contributed by atoms with van der Waals surface area (Å²) in [5.74, 6) is 0.162. The van der Waals surface area contributed by atoms with Gasteiger partial charge in [-0.25, -0.2) is 18.6 Å². The summed E-state index contributed by atoms with van der Waals surface area (Å²) in [5, 5.41) is 4.85. The molecule has 0 aliphatic carbocycles. The highest BCUT2D eigenvalue weighted by atomic mass is 35.5. The molecule has 7 nitrogen and oxygen atoms in total. The first-order valence-corrected chi connectivity index (χ1v) is 11.0. The maximum Gasteiger partial charge on any atom is 0.272 e. The van der Waals surface area contributed by atoms with Crippen LogP contribution in [0.5, 0.6) is 0 Å². The van der Waals surface area contributed by atoms with Gasteiger partial charge >= 0.3 is 0 Å². The van der Waals surface area contributed by atoms with Crippen molar-refractivity contribution < 1.29 is 17.6 Å². The van der Waals surface area contributed by atoms with Gasteiger partial charge in [0.25, 0.3) is 5.91 Å². The van der Waals surface area contributed by atoms with Gasteiger partial charge in [-0.15, -0.1) is 0 Å². The highest BCUT2D eigenvalue weighted by Gasteiger charge is 2.14. The Hall–Kier alpha value is -2.36. The van der Waals surface area contributed by atoms with E-state index in [1.807, 2.05) is 0 Å². The van der Waals surface area contributed by atoms with E-state index in [1.165, 1.54) is 48.7 Å². The van der Waals surface area contributed by atoms with E-state index in [4.69, 9.17) is 39.2 Å². The molecule has 2 aromatic carbocycles. The second-order valence-corrected chi connectivity index (χ2v) is 8.95. The van der Waals surface area contributed by atoms with Crippen molar-refractivity contribution in [3.8, 4) is 0 Å². The van der Waals surface area contributed by atoms with E-state index in [-0.39, 0.29) is 22.0 Å². The van der Waals surface area contributed by atoms with Crippen LogP contribution >= 0.6 is 34.8 Å². The van der Waals surface area contributed by atoms with Crippen LogP contribution in [0.2, 0.25) is 15.1 Å². The summed E-state index contributed by atoms with van der Waals surface area (Å²) in [6.07, 6.45) is 1.28. The molecule has 0 saturated carbocycles. The van der Waals surface area contributed by atoms with Crippen LogP contribution in [0.25, 0.3) is 0 Å². The van der Waals surface area contributed by atoms with E-state index in [0.29, 0.717) is 21.6 Å². The molecule has 1 heterocycles. The number of nitrogens with one attached hydrogen (secondary N) is 2. The van der Waals surface area contributed by atoms with Gasteiger partial charge in [0, 0.05) is 10.0 Å². The van der Waals surface area contributed by atoms with Crippen molar-refractivity contribution in [1.82, 2.24) is 10.1 Å². The SMILES string of the molecule is O=C(N/N=C\c1ccc(CNS(=O)(=O)c2ccc(Cl)cc2)o1)c1ccc(Cl)cc1Cl. The molecular formula is C19H14Cl3N3O4S. The summed E-state index contributed by atoms with van der Waals surface area (Å²) in [6, 6.07) is 13.4. The predicted molar refractivity (Wildman–Crippen MR) is 116 cm³/mol. The van der Waals surface area contributed by atoms with Gasteiger partial charge < -0.3 is 4.42 Å². The van der Waals surface area contributed by atoms with Gasteiger partial charge in [0.05, 0.1) is 28.2 Å². The van der Waals surface area contributed by atoms with Crippen molar-refractivity contribution in [2.24, 2.45) is 5.10 Å². The monoisotopic (exact) mass is 485 g/mol. The number of furan rings is 1. The molecular weight excluding hydrogens is 473 g/mol. The summed E-state index contributed by atoms with van der Waals surface area (Å²) in [5.41, 5.74) is 2.54. The summed E-state index contributed by atoms with van der Waals surface area (Å²) in [6.45, 7) is -0.0639. The van der Waals surface area contributed by atoms with Gasteiger partial charge in [0.2, 0.25) is 10.0 Å². The molecule has 0 aliphatic heterocycles. The van der Waals surface area contributed by atoms with Gasteiger partial charge in [-0.2, -0.15) is 5.10 Å². The standard InChI is InChI=1S/C19H14Cl3N3O4S/c20-12-1-6-16(7-2-12)30(27,28)24-11-15-5-4-14(29-15)10-23-25-19(26)17-8-3-13(21)9-18(17)22/h1-10,24H,11H2,(H,25,26)/b23-10-. The Morgan fingerprint density at radius 3 is 2.40 bits per heavy atom. The van der Waals surface area contributed by atoms with Crippen LogP contribution in [0.1, 0.15) is 21.9 Å². The number of sulfonamides is 1. The fraction of sp³-hybridized carbons (Fsp3) is 0.0526. The van der Waals surface area contributed by atoms with E-state index < -0.39 is 15.9 Å². The van der Waals surface area contributed by atoms with Crippen LogP contribution in [-0.4, -0.2) is 20.5 Å². The first kappa shape index (κ1) is 22.3. The Labute approximate surface area is 187 Å². The first-order valence-electron chi connectivity index (χ1n) is 8.37. The molecule has 0 bridgehead atoms. The van der Waals surface area contributed by atoms with Crippen molar-refractivity contribution >= 4 is 56.9 Å². The number of hydrogen-bond donors (Lipinski definition) is 2. The van der Waals surface area contributed by atoms with Crippen LogP contribution in [0.15, 0.2) is 69.0 Å². The third-order valence-corrected chi connectivity index (χ3v) is 5.99. The maximum absolute atomic E-state index is 12.3. The van der Waals surface area contributed by atoms with E-state index >= 15 is 0 Å². The van der Waals surface area contributed by atoms with E-state index in [0.717, 1.165) is 0 Å². The van der Waals surface area contributed by atoms with Gasteiger partial charge in [-0.1, -0.05) is 34.8 Å². The number of amides is 1. The molecule has 3 aromatic rings. The highest BCUT2D eigenvalue weighted by Crippen LogP contribution is 2.20. The molecule has 2 N–H and O–H groups in total. The zero-order chi connectivity index (χ0) is 21.7. The van der Waals surface area contributed by atoms with Gasteiger partial charge in [-0.05, 0) is 54.6 Å². The number of benzene rings is 2. The molecule has 0 unspecified atom stereocenters. The van der Waals surface area contributed by atoms with Crippen molar-refractivity contribution in [2.75, 3.05) is 0 Å². The van der Waals surface area contributed by atoms with E-state index in [2.05, 4.69) is 15.2 Å². The predicted octanol–water partition coefficient (Wildman–Crippen LogP) is 4.48. The van der Waals surface area contributed by atoms with Crippen LogP contribution in [0.3, 0.4) is 0 Å². The second kappa shape index (κ2) is 9.63. The molecule has 0 radical (unpaired) electrons. The van der Waals surface area contributed by atoms with E-state index in [9.17, 15) is 13.2 Å². The Morgan fingerprint density at radius 2 is 1.70 bits per heavy atom. The number of nitrogens with zero attached hydrogens (tertiary/aromatic N) is 1. The number of rotatable bonds is 7. The fourth-order valence-corrected chi connectivity index (χ4v) is 3.92. The van der Waals surface area contributed by atoms with Crippen LogP contribution < -0.4 is 10.1 Å². The van der Waals surface area contributed by atoms with Crippen molar-refractivity contribution in [3.05, 3.63) is 86.7 Å². The Balaban J connectivity index is 1.57. The molecule has 1 aromatic heterocycles. The minimum atomic E-state index is -3.71. The van der Waals surface area contributed by atoms with Crippen molar-refractivity contribution in [2.45, 2.75) is 11.4 Å². The number of carbonyl (C=O) groups excluding carboxylic acids is 1. The molecule has 11 heteroatoms. The lowest BCUT2D eigenvalue weighted by Crippen LogP contribution is -2.22. The average molecular weight is 487 g/mol. The number of halogens is 3. The lowest BCUT2D eigenvalue weighted by molar-refractivity contribution is 0.0955. The Kier molecular flexibility index (Phi) is 7.17. The molecule has 0 spiro atoms. The fourth-order valence-electron chi connectivity index (χ4n) is 2.31. The summed E-state index contributed by atoms with van der Waals surface area (Å²) < 4.78 is 32.4. The highest BCUT2D eigenvalue weighted by molar-refractivity contribution is 7.89. The van der Waals surface area contributed by atoms with E-state index in [1.54, 1.807) is 12.1 Å². The smallest absolute Gasteiger partial charge is 0.272 e. The van der Waals surface area contributed by atoms with Crippen molar-refractivity contribution in [1.29, 1.82) is 0 Å². The van der Waals surface area contributed by atoms with Gasteiger partial charge in [0.1, 0.15) is 11.5 Å². The molecule has 0 aliphatic rings. The first-order chi connectivity index (χ1) is 14.2. The lowest BCUT2D eigenvalue weighted by Gasteiger charge is -2.05. The molecule has 156 valence electrons. The summed E-state index contributed by atoms with van der Waals surface area (Å²) >= 11 is 17.5. The van der Waals surface area contributed by atoms with Gasteiger partial charge in [-0.3, -0.25) is 4.79 Å². The molecule has 3 rings (SSSR count). The average Bonchev–Trinajstić information content (AvgIpc) is 3.14. The molecule has 0 atom stereocenters. The number of hydrazone groups is 1. The van der Waals surface area contributed by atoms with Gasteiger partial charge in [0.15, 0.2) is 0 Å². The quantitative estimate of drug-likeness (QED) is 0.380. The summed E-state index contributed by atoms with van der Waals surface area (Å²) in [4.78, 5) is 12.2. The van der Waals surface area contributed by atoms with Crippen molar-refractivity contribution in [3.63, 3.8) is 0 Å². The zero-order valence-electron chi connectivity index (χ0n) is 15.1. The van der Waals surface area contributed by atoms with Crippen LogP contribution in [0, 0.1) is 0 Å². The lowest BCUT2D eigenvalue weighted by atomic mass is 10.2. The minimum Gasteiger partial charge on any atom is -0.459 e. The largest absolute Gasteiger partial charge is 0.459 e. The second-order valence-electron chi connectivity index (χ2n) is 5.91.